The maximum absolute atomic E-state index is 9.81. The van der Waals surface area contributed by atoms with Gasteiger partial charge < -0.3 is 4.42 Å². The molecule has 0 atom stereocenters. The van der Waals surface area contributed by atoms with E-state index in [0.717, 1.165) is 0 Å². The summed E-state index contributed by atoms with van der Waals surface area (Å²) in [6.45, 7) is 0. The SMILES string of the molecule is O=[C]c1coc(Br)c1. The van der Waals surface area contributed by atoms with Crippen molar-refractivity contribution in [3.8, 4) is 0 Å². The van der Waals surface area contributed by atoms with E-state index in [4.69, 9.17) is 4.42 Å². The zero-order chi connectivity index (χ0) is 5.98. The van der Waals surface area contributed by atoms with Crippen LogP contribution < -0.4 is 0 Å². The van der Waals surface area contributed by atoms with Gasteiger partial charge in [0, 0.05) is 6.07 Å². The molecule has 1 heterocycles. The van der Waals surface area contributed by atoms with E-state index in [2.05, 4.69) is 15.9 Å². The topological polar surface area (TPSA) is 30.2 Å². The molecule has 0 fully saturated rings. The van der Waals surface area contributed by atoms with Crippen LogP contribution in [0.4, 0.5) is 0 Å². The summed E-state index contributed by atoms with van der Waals surface area (Å²) in [5.74, 6) is 0. The van der Waals surface area contributed by atoms with Crippen molar-refractivity contribution in [3.05, 3.63) is 22.6 Å². The summed E-state index contributed by atoms with van der Waals surface area (Å²) < 4.78 is 5.26. The van der Waals surface area contributed by atoms with Crippen LogP contribution in [0.25, 0.3) is 0 Å². The average molecular weight is 174 g/mol. The molecular weight excluding hydrogens is 172 g/mol. The summed E-state index contributed by atoms with van der Waals surface area (Å²) in [6, 6.07) is 1.55. The molecule has 8 heavy (non-hydrogen) atoms. The molecule has 1 aromatic heterocycles. The molecule has 0 spiro atoms. The maximum Gasteiger partial charge on any atom is 0.236 e. The van der Waals surface area contributed by atoms with E-state index < -0.39 is 0 Å². The van der Waals surface area contributed by atoms with Crippen molar-refractivity contribution in [1.29, 1.82) is 0 Å². The van der Waals surface area contributed by atoms with Gasteiger partial charge in [0.2, 0.25) is 6.29 Å². The fourth-order valence-corrected chi connectivity index (χ4v) is 0.704. The molecule has 0 unspecified atom stereocenters. The standard InChI is InChI=1S/C5H2BrO2/c6-5-1-4(2-7)3-8-5/h1,3H. The van der Waals surface area contributed by atoms with Gasteiger partial charge in [-0.25, -0.2) is 0 Å². The smallest absolute Gasteiger partial charge is 0.236 e. The molecule has 0 saturated heterocycles. The molecule has 3 heteroatoms. The van der Waals surface area contributed by atoms with Crippen LogP contribution in [-0.4, -0.2) is 6.29 Å². The van der Waals surface area contributed by atoms with Gasteiger partial charge in [-0.15, -0.1) is 0 Å². The third kappa shape index (κ3) is 0.980. The van der Waals surface area contributed by atoms with E-state index >= 15 is 0 Å². The highest BCUT2D eigenvalue weighted by molar-refractivity contribution is 9.10. The minimum atomic E-state index is 0.428. The van der Waals surface area contributed by atoms with Crippen molar-refractivity contribution in [2.24, 2.45) is 0 Å². The van der Waals surface area contributed by atoms with E-state index in [1.54, 1.807) is 12.4 Å². The summed E-state index contributed by atoms with van der Waals surface area (Å²) in [6.07, 6.45) is 3.00. The Morgan fingerprint density at radius 1 is 1.75 bits per heavy atom. The lowest BCUT2D eigenvalue weighted by Gasteiger charge is -1.66. The zero-order valence-electron chi connectivity index (χ0n) is 3.85. The minimum absolute atomic E-state index is 0.428. The second kappa shape index (κ2) is 2.13. The van der Waals surface area contributed by atoms with Crippen LogP contribution in [0.5, 0.6) is 0 Å². The first kappa shape index (κ1) is 5.56. The Hall–Kier alpha value is -0.570. The van der Waals surface area contributed by atoms with Crippen molar-refractivity contribution >= 4 is 22.2 Å². The Labute approximate surface area is 54.6 Å². The normalized spacial score (nSPS) is 9.12. The van der Waals surface area contributed by atoms with Crippen LogP contribution in [0.15, 0.2) is 21.4 Å². The molecule has 0 N–H and O–H groups in total. The first-order chi connectivity index (χ1) is 3.83. The molecule has 1 rings (SSSR count). The highest BCUT2D eigenvalue weighted by Gasteiger charge is 1.94. The summed E-state index contributed by atoms with van der Waals surface area (Å²) in [4.78, 5) is 9.81. The van der Waals surface area contributed by atoms with E-state index in [-0.39, 0.29) is 0 Å². The highest BCUT2D eigenvalue weighted by atomic mass is 79.9. The van der Waals surface area contributed by atoms with E-state index in [9.17, 15) is 4.79 Å². The predicted molar refractivity (Wildman–Crippen MR) is 31.2 cm³/mol. The number of halogens is 1. The van der Waals surface area contributed by atoms with Gasteiger partial charge >= 0.3 is 0 Å². The quantitative estimate of drug-likeness (QED) is 0.645. The molecule has 1 radical (unpaired) electrons. The Kier molecular flexibility index (Phi) is 1.48. The van der Waals surface area contributed by atoms with Crippen LogP contribution >= 0.6 is 15.9 Å². The highest BCUT2D eigenvalue weighted by Crippen LogP contribution is 2.11. The van der Waals surface area contributed by atoms with E-state index in [0.29, 0.717) is 10.2 Å². The Balaban J connectivity index is 3.00. The fraction of sp³-hybridized carbons (Fsp3) is 0. The molecule has 0 aliphatic rings. The predicted octanol–water partition coefficient (Wildman–Crippen LogP) is 1.50. The molecular formula is C5H2BrO2. The number of furan rings is 1. The third-order valence-electron chi connectivity index (χ3n) is 0.685. The van der Waals surface area contributed by atoms with Gasteiger partial charge in [0.05, 0.1) is 5.56 Å². The molecule has 0 amide bonds. The molecule has 0 saturated carbocycles. The second-order valence-corrected chi connectivity index (χ2v) is 2.02. The van der Waals surface area contributed by atoms with Gasteiger partial charge in [-0.3, -0.25) is 4.79 Å². The summed E-state index contributed by atoms with van der Waals surface area (Å²) >= 11 is 3.03. The van der Waals surface area contributed by atoms with Crippen molar-refractivity contribution < 1.29 is 9.21 Å². The second-order valence-electron chi connectivity index (χ2n) is 1.24. The molecule has 0 aliphatic carbocycles. The van der Waals surface area contributed by atoms with Gasteiger partial charge in [0.25, 0.3) is 0 Å². The van der Waals surface area contributed by atoms with E-state index in [1.807, 2.05) is 0 Å². The van der Waals surface area contributed by atoms with Crippen LogP contribution in [0.2, 0.25) is 0 Å². The number of carbonyl (C=O) groups excluding carboxylic acids is 1. The minimum Gasteiger partial charge on any atom is -0.457 e. The van der Waals surface area contributed by atoms with Crippen LogP contribution in [0, 0.1) is 0 Å². The lowest BCUT2D eigenvalue weighted by Crippen LogP contribution is -1.67. The van der Waals surface area contributed by atoms with Crippen LogP contribution in [-0.2, 0) is 4.79 Å². The van der Waals surface area contributed by atoms with Gasteiger partial charge in [0.1, 0.15) is 6.26 Å². The lowest BCUT2D eigenvalue weighted by molar-refractivity contribution is 0.538. The molecule has 41 valence electrons. The Morgan fingerprint density at radius 3 is 2.75 bits per heavy atom. The Bertz CT molecular complexity index is 192. The van der Waals surface area contributed by atoms with Gasteiger partial charge in [-0.2, -0.15) is 0 Å². The van der Waals surface area contributed by atoms with E-state index in [1.165, 1.54) is 6.26 Å². The van der Waals surface area contributed by atoms with Crippen molar-refractivity contribution in [3.63, 3.8) is 0 Å². The summed E-state index contributed by atoms with van der Waals surface area (Å²) in [7, 11) is 0. The first-order valence-corrected chi connectivity index (χ1v) is 2.74. The van der Waals surface area contributed by atoms with Crippen molar-refractivity contribution in [2.75, 3.05) is 0 Å². The maximum atomic E-state index is 9.81. The van der Waals surface area contributed by atoms with Crippen LogP contribution in [0.3, 0.4) is 0 Å². The Morgan fingerprint density at radius 2 is 2.50 bits per heavy atom. The monoisotopic (exact) mass is 173 g/mol. The first-order valence-electron chi connectivity index (χ1n) is 1.95. The molecule has 2 nitrogen and oxygen atoms in total. The average Bonchev–Trinajstić information content (AvgIpc) is 2.14. The molecule has 0 aromatic carbocycles. The number of rotatable bonds is 1. The largest absolute Gasteiger partial charge is 0.457 e. The van der Waals surface area contributed by atoms with Gasteiger partial charge in [-0.05, 0) is 15.9 Å². The zero-order valence-corrected chi connectivity index (χ0v) is 5.44. The number of hydrogen-bond donors (Lipinski definition) is 0. The molecule has 0 bridgehead atoms. The van der Waals surface area contributed by atoms with Crippen molar-refractivity contribution in [2.45, 2.75) is 0 Å². The third-order valence-corrected chi connectivity index (χ3v) is 1.10. The summed E-state index contributed by atoms with van der Waals surface area (Å²) in [5.41, 5.74) is 0.428. The van der Waals surface area contributed by atoms with Gasteiger partial charge in [0.15, 0.2) is 4.67 Å². The number of hydrogen-bond acceptors (Lipinski definition) is 2. The molecule has 1 aromatic rings. The fourth-order valence-electron chi connectivity index (χ4n) is 0.364. The molecule has 0 aliphatic heterocycles. The lowest BCUT2D eigenvalue weighted by atomic mass is 10.4. The van der Waals surface area contributed by atoms with Gasteiger partial charge in [-0.1, -0.05) is 0 Å². The van der Waals surface area contributed by atoms with Crippen molar-refractivity contribution in [1.82, 2.24) is 0 Å². The summed E-state index contributed by atoms with van der Waals surface area (Å²) in [5, 5.41) is 0. The van der Waals surface area contributed by atoms with Crippen LogP contribution in [0.1, 0.15) is 5.56 Å².